The van der Waals surface area contributed by atoms with Gasteiger partial charge in [0, 0.05) is 18.6 Å². The lowest BCUT2D eigenvalue weighted by Gasteiger charge is -2.30. The van der Waals surface area contributed by atoms with Gasteiger partial charge in [0.05, 0.1) is 5.69 Å². The van der Waals surface area contributed by atoms with E-state index in [1.54, 1.807) is 7.11 Å². The van der Waals surface area contributed by atoms with Crippen molar-refractivity contribution in [1.82, 2.24) is 9.97 Å². The minimum atomic E-state index is -0.435. The number of rotatable bonds is 4. The van der Waals surface area contributed by atoms with E-state index in [2.05, 4.69) is 44.6 Å². The van der Waals surface area contributed by atoms with Crippen molar-refractivity contribution < 1.29 is 4.74 Å². The number of nitrogens with zero attached hydrogens (tertiary/aromatic N) is 2. The Balaban J connectivity index is 3.37. The molecule has 0 unspecified atom stereocenters. The molecule has 0 saturated carbocycles. The number of hydrogen-bond donors (Lipinski definition) is 1. The van der Waals surface area contributed by atoms with Crippen LogP contribution >= 0.6 is 0 Å². The zero-order valence-electron chi connectivity index (χ0n) is 12.4. The van der Waals surface area contributed by atoms with Gasteiger partial charge in [-0.25, -0.2) is 9.97 Å². The maximum absolute atomic E-state index is 5.91. The topological polar surface area (TPSA) is 61.0 Å². The average Bonchev–Trinajstić information content (AvgIpc) is 2.30. The van der Waals surface area contributed by atoms with Gasteiger partial charge >= 0.3 is 0 Å². The summed E-state index contributed by atoms with van der Waals surface area (Å²) in [5.41, 5.74) is 6.38. The lowest BCUT2D eigenvalue weighted by atomic mass is 9.90. The summed E-state index contributed by atoms with van der Waals surface area (Å²) in [4.78, 5) is 9.05. The summed E-state index contributed by atoms with van der Waals surface area (Å²) in [7, 11) is 1.70. The third kappa shape index (κ3) is 2.80. The third-order valence-corrected chi connectivity index (χ3v) is 3.45. The highest BCUT2D eigenvalue weighted by atomic mass is 16.5. The van der Waals surface area contributed by atoms with Gasteiger partial charge in [0.25, 0.3) is 0 Å². The maximum Gasteiger partial charge on any atom is 0.162 e. The maximum atomic E-state index is 5.91. The lowest BCUT2D eigenvalue weighted by molar-refractivity contribution is -0.0293. The van der Waals surface area contributed by atoms with Crippen molar-refractivity contribution in [1.29, 1.82) is 0 Å². The summed E-state index contributed by atoms with van der Waals surface area (Å²) in [6.45, 7) is 10.5. The molecule has 0 aromatic carbocycles. The molecule has 0 fully saturated rings. The summed E-state index contributed by atoms with van der Waals surface area (Å²) >= 11 is 0. The molecule has 102 valence electrons. The molecule has 0 amide bonds. The Morgan fingerprint density at radius 1 is 1.17 bits per heavy atom. The SMILES string of the molecule is CCC(CC)(OC)c1nc(N)cc(C(C)(C)C)n1. The van der Waals surface area contributed by atoms with E-state index in [-0.39, 0.29) is 5.41 Å². The Bertz CT molecular complexity index is 398. The molecule has 0 aliphatic carbocycles. The molecule has 0 radical (unpaired) electrons. The van der Waals surface area contributed by atoms with Crippen LogP contribution < -0.4 is 5.73 Å². The van der Waals surface area contributed by atoms with Crippen LogP contribution in [0.3, 0.4) is 0 Å². The fourth-order valence-corrected chi connectivity index (χ4v) is 2.00. The van der Waals surface area contributed by atoms with Gasteiger partial charge in [-0.2, -0.15) is 0 Å². The minimum Gasteiger partial charge on any atom is -0.384 e. The zero-order chi connectivity index (χ0) is 14.0. The van der Waals surface area contributed by atoms with Gasteiger partial charge in [-0.3, -0.25) is 0 Å². The number of hydrogen-bond acceptors (Lipinski definition) is 4. The van der Waals surface area contributed by atoms with Gasteiger partial charge < -0.3 is 10.5 Å². The molecule has 0 aliphatic rings. The Morgan fingerprint density at radius 3 is 2.11 bits per heavy atom. The smallest absolute Gasteiger partial charge is 0.162 e. The highest BCUT2D eigenvalue weighted by Crippen LogP contribution is 2.32. The highest BCUT2D eigenvalue weighted by molar-refractivity contribution is 5.33. The van der Waals surface area contributed by atoms with Gasteiger partial charge in [0.1, 0.15) is 11.4 Å². The van der Waals surface area contributed by atoms with E-state index in [1.165, 1.54) is 0 Å². The van der Waals surface area contributed by atoms with Crippen molar-refractivity contribution in [3.63, 3.8) is 0 Å². The van der Waals surface area contributed by atoms with Crippen molar-refractivity contribution in [2.24, 2.45) is 0 Å². The Morgan fingerprint density at radius 2 is 1.72 bits per heavy atom. The predicted molar refractivity (Wildman–Crippen MR) is 74.4 cm³/mol. The van der Waals surface area contributed by atoms with Crippen LogP contribution in [0, 0.1) is 0 Å². The van der Waals surface area contributed by atoms with Crippen molar-refractivity contribution in [3.8, 4) is 0 Å². The molecule has 1 heterocycles. The zero-order valence-corrected chi connectivity index (χ0v) is 12.4. The number of nitrogen functional groups attached to an aromatic ring is 1. The summed E-state index contributed by atoms with van der Waals surface area (Å²) in [6, 6.07) is 1.84. The fraction of sp³-hybridized carbons (Fsp3) is 0.714. The molecule has 1 rings (SSSR count). The second kappa shape index (κ2) is 5.22. The monoisotopic (exact) mass is 251 g/mol. The Hall–Kier alpha value is -1.16. The number of anilines is 1. The van der Waals surface area contributed by atoms with Crippen LogP contribution in [0.2, 0.25) is 0 Å². The first kappa shape index (κ1) is 14.9. The van der Waals surface area contributed by atoms with Crippen LogP contribution in [-0.2, 0) is 15.8 Å². The first-order valence-corrected chi connectivity index (χ1v) is 6.49. The van der Waals surface area contributed by atoms with Gasteiger partial charge in [-0.05, 0) is 12.8 Å². The molecule has 0 saturated heterocycles. The molecule has 4 heteroatoms. The van der Waals surface area contributed by atoms with E-state index in [9.17, 15) is 0 Å². The van der Waals surface area contributed by atoms with Gasteiger partial charge in [0.15, 0.2) is 5.82 Å². The van der Waals surface area contributed by atoms with Crippen LogP contribution in [0.1, 0.15) is 59.0 Å². The first-order valence-electron chi connectivity index (χ1n) is 6.49. The van der Waals surface area contributed by atoms with Crippen LogP contribution in [0.25, 0.3) is 0 Å². The highest BCUT2D eigenvalue weighted by Gasteiger charge is 2.33. The standard InChI is InChI=1S/C14H25N3O/c1-7-14(8-2,18-6)12-16-10(13(3,4)5)9-11(15)17-12/h9H,7-8H2,1-6H3,(H2,15,16,17). The first-order chi connectivity index (χ1) is 8.29. The van der Waals surface area contributed by atoms with Crippen LogP contribution in [0.15, 0.2) is 6.07 Å². The van der Waals surface area contributed by atoms with E-state index in [4.69, 9.17) is 10.5 Å². The van der Waals surface area contributed by atoms with E-state index in [0.29, 0.717) is 11.6 Å². The van der Waals surface area contributed by atoms with Crippen molar-refractivity contribution in [2.75, 3.05) is 12.8 Å². The lowest BCUT2D eigenvalue weighted by Crippen LogP contribution is -2.31. The summed E-state index contributed by atoms with van der Waals surface area (Å²) in [5, 5.41) is 0. The predicted octanol–water partition coefficient (Wildman–Crippen LogP) is 3.02. The molecule has 0 atom stereocenters. The normalized spacial score (nSPS) is 12.8. The van der Waals surface area contributed by atoms with E-state index in [0.717, 1.165) is 18.5 Å². The van der Waals surface area contributed by atoms with Crippen molar-refractivity contribution in [2.45, 2.75) is 58.5 Å². The van der Waals surface area contributed by atoms with Crippen LogP contribution in [0.4, 0.5) is 5.82 Å². The second-order valence-electron chi connectivity index (χ2n) is 5.66. The fourth-order valence-electron chi connectivity index (χ4n) is 2.00. The molecule has 0 spiro atoms. The molecule has 18 heavy (non-hydrogen) atoms. The Kier molecular flexibility index (Phi) is 4.32. The number of ether oxygens (including phenoxy) is 1. The number of aromatic nitrogens is 2. The number of methoxy groups -OCH3 is 1. The average molecular weight is 251 g/mol. The molecule has 4 nitrogen and oxygen atoms in total. The van der Waals surface area contributed by atoms with Crippen molar-refractivity contribution in [3.05, 3.63) is 17.6 Å². The quantitative estimate of drug-likeness (QED) is 0.893. The summed E-state index contributed by atoms with van der Waals surface area (Å²) in [6.07, 6.45) is 1.65. The molecule has 0 aliphatic heterocycles. The summed E-state index contributed by atoms with van der Waals surface area (Å²) < 4.78 is 5.66. The van der Waals surface area contributed by atoms with Crippen molar-refractivity contribution >= 4 is 5.82 Å². The van der Waals surface area contributed by atoms with Gasteiger partial charge in [-0.15, -0.1) is 0 Å². The van der Waals surface area contributed by atoms with Crippen LogP contribution in [0.5, 0.6) is 0 Å². The minimum absolute atomic E-state index is 0.0488. The molecular formula is C14H25N3O. The van der Waals surface area contributed by atoms with Gasteiger partial charge in [-0.1, -0.05) is 34.6 Å². The molecule has 1 aromatic heterocycles. The molecular weight excluding hydrogens is 226 g/mol. The summed E-state index contributed by atoms with van der Waals surface area (Å²) in [5.74, 6) is 1.20. The second-order valence-corrected chi connectivity index (χ2v) is 5.66. The van der Waals surface area contributed by atoms with E-state index >= 15 is 0 Å². The molecule has 1 aromatic rings. The van der Waals surface area contributed by atoms with Crippen LogP contribution in [-0.4, -0.2) is 17.1 Å². The van der Waals surface area contributed by atoms with E-state index in [1.807, 2.05) is 6.07 Å². The van der Waals surface area contributed by atoms with E-state index < -0.39 is 5.60 Å². The third-order valence-electron chi connectivity index (χ3n) is 3.45. The molecule has 0 bridgehead atoms. The molecule has 2 N–H and O–H groups in total. The Labute approximate surface area is 110 Å². The number of nitrogens with two attached hydrogens (primary N) is 1. The van der Waals surface area contributed by atoms with Gasteiger partial charge in [0.2, 0.25) is 0 Å². The largest absolute Gasteiger partial charge is 0.384 e.